The molecule has 1 unspecified atom stereocenters. The van der Waals surface area contributed by atoms with E-state index in [9.17, 15) is 5.11 Å². The topological polar surface area (TPSA) is 42.6 Å². The number of hydrogen-bond donors (Lipinski definition) is 1. The van der Waals surface area contributed by atoms with Gasteiger partial charge in [0, 0.05) is 16.0 Å². The van der Waals surface area contributed by atoms with E-state index in [1.807, 2.05) is 0 Å². The van der Waals surface area contributed by atoms with Crippen LogP contribution in [0.1, 0.15) is 17.4 Å². The van der Waals surface area contributed by atoms with Crippen LogP contribution in [0.2, 0.25) is 10.0 Å². The molecule has 0 aliphatic carbocycles. The molecular weight excluding hydrogens is 311 g/mol. The molecule has 1 aromatic heterocycles. The van der Waals surface area contributed by atoms with Gasteiger partial charge in [-0.05, 0) is 36.4 Å². The zero-order chi connectivity index (χ0) is 15.0. The highest BCUT2D eigenvalue weighted by Gasteiger charge is 2.22. The Kier molecular flexibility index (Phi) is 3.81. The molecular formula is C16H12Cl2O3. The van der Waals surface area contributed by atoms with Crippen molar-refractivity contribution in [3.05, 3.63) is 63.8 Å². The standard InChI is InChI=1S/C16H12Cl2O3/c1-20-13-4-2-3-11(18)15(13)16(19)14-8-9-7-10(17)5-6-12(9)21-14/h2-8,16,19H,1H3. The van der Waals surface area contributed by atoms with Crippen molar-refractivity contribution < 1.29 is 14.3 Å². The van der Waals surface area contributed by atoms with Crippen LogP contribution in [0.4, 0.5) is 0 Å². The molecule has 0 radical (unpaired) electrons. The lowest BCUT2D eigenvalue weighted by Crippen LogP contribution is -2.02. The molecule has 0 bridgehead atoms. The van der Waals surface area contributed by atoms with Crippen LogP contribution in [0.5, 0.6) is 5.75 Å². The van der Waals surface area contributed by atoms with Crippen LogP contribution in [0.15, 0.2) is 46.9 Å². The van der Waals surface area contributed by atoms with Crippen molar-refractivity contribution >= 4 is 34.2 Å². The Bertz CT molecular complexity index is 795. The van der Waals surface area contributed by atoms with E-state index < -0.39 is 6.10 Å². The second-order valence-electron chi connectivity index (χ2n) is 4.59. The summed E-state index contributed by atoms with van der Waals surface area (Å²) in [7, 11) is 1.53. The Morgan fingerprint density at radius 2 is 1.95 bits per heavy atom. The van der Waals surface area contributed by atoms with E-state index in [2.05, 4.69) is 0 Å². The van der Waals surface area contributed by atoms with Crippen LogP contribution in [0.25, 0.3) is 11.0 Å². The van der Waals surface area contributed by atoms with Crippen molar-refractivity contribution in [2.75, 3.05) is 7.11 Å². The van der Waals surface area contributed by atoms with Gasteiger partial charge in [0.2, 0.25) is 0 Å². The average Bonchev–Trinajstić information content (AvgIpc) is 2.89. The zero-order valence-corrected chi connectivity index (χ0v) is 12.7. The van der Waals surface area contributed by atoms with Gasteiger partial charge in [0.1, 0.15) is 23.2 Å². The first-order valence-corrected chi connectivity index (χ1v) is 7.05. The number of aliphatic hydroxyl groups excluding tert-OH is 1. The van der Waals surface area contributed by atoms with Crippen molar-refractivity contribution in [2.24, 2.45) is 0 Å². The predicted octanol–water partition coefficient (Wildman–Crippen LogP) is 4.83. The van der Waals surface area contributed by atoms with Crippen LogP contribution >= 0.6 is 23.2 Å². The smallest absolute Gasteiger partial charge is 0.142 e. The molecule has 2 aromatic carbocycles. The number of aliphatic hydroxyl groups is 1. The highest BCUT2D eigenvalue weighted by Crippen LogP contribution is 2.37. The highest BCUT2D eigenvalue weighted by molar-refractivity contribution is 6.31. The summed E-state index contributed by atoms with van der Waals surface area (Å²) < 4.78 is 10.9. The fourth-order valence-electron chi connectivity index (χ4n) is 2.27. The molecule has 0 saturated heterocycles. The van der Waals surface area contributed by atoms with Gasteiger partial charge in [-0.15, -0.1) is 0 Å². The summed E-state index contributed by atoms with van der Waals surface area (Å²) in [5, 5.41) is 12.4. The third-order valence-electron chi connectivity index (χ3n) is 3.27. The van der Waals surface area contributed by atoms with Gasteiger partial charge < -0.3 is 14.3 Å². The van der Waals surface area contributed by atoms with Gasteiger partial charge in [0.05, 0.1) is 12.1 Å². The van der Waals surface area contributed by atoms with Gasteiger partial charge >= 0.3 is 0 Å². The maximum Gasteiger partial charge on any atom is 0.142 e. The fraction of sp³-hybridized carbons (Fsp3) is 0.125. The van der Waals surface area contributed by atoms with Crippen LogP contribution in [0, 0.1) is 0 Å². The minimum absolute atomic E-state index is 0.388. The largest absolute Gasteiger partial charge is 0.496 e. The van der Waals surface area contributed by atoms with Crippen molar-refractivity contribution in [1.82, 2.24) is 0 Å². The van der Waals surface area contributed by atoms with E-state index >= 15 is 0 Å². The summed E-state index contributed by atoms with van der Waals surface area (Å²) in [6, 6.07) is 12.2. The molecule has 3 nitrogen and oxygen atoms in total. The fourth-order valence-corrected chi connectivity index (χ4v) is 2.72. The lowest BCUT2D eigenvalue weighted by molar-refractivity contribution is 0.188. The Morgan fingerprint density at radius 1 is 1.14 bits per heavy atom. The third kappa shape index (κ3) is 2.60. The van der Waals surface area contributed by atoms with E-state index in [4.69, 9.17) is 32.4 Å². The molecule has 3 aromatic rings. The van der Waals surface area contributed by atoms with Crippen molar-refractivity contribution in [3.63, 3.8) is 0 Å². The van der Waals surface area contributed by atoms with Gasteiger partial charge in [-0.1, -0.05) is 29.3 Å². The molecule has 0 fully saturated rings. The van der Waals surface area contributed by atoms with Gasteiger partial charge in [0.25, 0.3) is 0 Å². The van der Waals surface area contributed by atoms with E-state index in [-0.39, 0.29) is 0 Å². The normalized spacial score (nSPS) is 12.6. The number of ether oxygens (including phenoxy) is 1. The Balaban J connectivity index is 2.10. The highest BCUT2D eigenvalue weighted by atomic mass is 35.5. The minimum atomic E-state index is -1.01. The van der Waals surface area contributed by atoms with Crippen LogP contribution in [-0.4, -0.2) is 12.2 Å². The van der Waals surface area contributed by atoms with E-state index in [0.717, 1.165) is 5.39 Å². The summed E-state index contributed by atoms with van der Waals surface area (Å²) in [5.74, 6) is 0.896. The quantitative estimate of drug-likeness (QED) is 0.751. The molecule has 108 valence electrons. The number of methoxy groups -OCH3 is 1. The molecule has 0 aliphatic heterocycles. The lowest BCUT2D eigenvalue weighted by atomic mass is 10.1. The maximum absolute atomic E-state index is 10.6. The molecule has 0 spiro atoms. The van der Waals surface area contributed by atoms with Crippen LogP contribution in [-0.2, 0) is 0 Å². The molecule has 1 atom stereocenters. The Hall–Kier alpha value is -1.68. The van der Waals surface area contributed by atoms with Crippen LogP contribution in [0.3, 0.4) is 0 Å². The first kappa shape index (κ1) is 14.3. The summed E-state index contributed by atoms with van der Waals surface area (Å²) in [4.78, 5) is 0. The number of rotatable bonds is 3. The molecule has 3 rings (SSSR count). The third-order valence-corrected chi connectivity index (χ3v) is 3.84. The van der Waals surface area contributed by atoms with E-state index in [1.54, 1.807) is 42.5 Å². The second-order valence-corrected chi connectivity index (χ2v) is 5.43. The van der Waals surface area contributed by atoms with Gasteiger partial charge in [-0.25, -0.2) is 0 Å². The van der Waals surface area contributed by atoms with Crippen molar-refractivity contribution in [1.29, 1.82) is 0 Å². The first-order valence-electron chi connectivity index (χ1n) is 6.29. The molecule has 0 saturated carbocycles. The number of fused-ring (bicyclic) bond motifs is 1. The van der Waals surface area contributed by atoms with E-state index in [0.29, 0.717) is 32.7 Å². The second kappa shape index (κ2) is 5.60. The molecule has 1 N–H and O–H groups in total. The summed E-state index contributed by atoms with van der Waals surface area (Å²) in [6.45, 7) is 0. The van der Waals surface area contributed by atoms with Crippen molar-refractivity contribution in [2.45, 2.75) is 6.10 Å². The Morgan fingerprint density at radius 3 is 2.71 bits per heavy atom. The van der Waals surface area contributed by atoms with E-state index in [1.165, 1.54) is 7.11 Å². The Labute approximate surface area is 131 Å². The average molecular weight is 323 g/mol. The molecule has 5 heteroatoms. The maximum atomic E-state index is 10.6. The van der Waals surface area contributed by atoms with Crippen LogP contribution < -0.4 is 4.74 Å². The van der Waals surface area contributed by atoms with Gasteiger partial charge in [0.15, 0.2) is 0 Å². The van der Waals surface area contributed by atoms with Gasteiger partial charge in [-0.2, -0.15) is 0 Å². The number of furan rings is 1. The SMILES string of the molecule is COc1cccc(Cl)c1C(O)c1cc2cc(Cl)ccc2o1. The summed E-state index contributed by atoms with van der Waals surface area (Å²) >= 11 is 12.1. The monoisotopic (exact) mass is 322 g/mol. The molecule has 0 amide bonds. The molecule has 21 heavy (non-hydrogen) atoms. The lowest BCUT2D eigenvalue weighted by Gasteiger charge is -2.14. The number of hydrogen-bond acceptors (Lipinski definition) is 3. The minimum Gasteiger partial charge on any atom is -0.496 e. The molecule has 1 heterocycles. The molecule has 0 aliphatic rings. The number of halogens is 2. The van der Waals surface area contributed by atoms with Crippen molar-refractivity contribution in [3.8, 4) is 5.75 Å². The zero-order valence-electron chi connectivity index (χ0n) is 11.1. The predicted molar refractivity (Wildman–Crippen MR) is 83.3 cm³/mol. The first-order chi connectivity index (χ1) is 10.1. The summed E-state index contributed by atoms with van der Waals surface area (Å²) in [6.07, 6.45) is -1.01. The van der Waals surface area contributed by atoms with Gasteiger partial charge in [-0.3, -0.25) is 0 Å². The number of benzene rings is 2. The summed E-state index contributed by atoms with van der Waals surface area (Å²) in [5.41, 5.74) is 1.13.